The predicted octanol–water partition coefficient (Wildman–Crippen LogP) is 1.35. The number of carbonyl (C=O) groups is 2. The normalized spacial score (nSPS) is 13.5. The molecule has 3 unspecified atom stereocenters. The Morgan fingerprint density at radius 3 is 1.36 bits per heavy atom. The minimum Gasteiger partial charge on any atom is -0.436 e. The summed E-state index contributed by atoms with van der Waals surface area (Å²) in [4.78, 5) is 64.0. The van der Waals surface area contributed by atoms with Crippen LogP contribution in [0.2, 0.25) is 0 Å². The highest BCUT2D eigenvalue weighted by Gasteiger charge is 2.19. The quantitative estimate of drug-likeness (QED) is 0.100. The van der Waals surface area contributed by atoms with Crippen molar-refractivity contribution in [2.24, 2.45) is 0 Å². The SMILES string of the molecule is CCCOC(C)OCOCCn1c(=O)n(CCC(=O)OC(C)OCCC)c(=O)n(CCC(=O)OC(C)OCCC)c1=O. The molecule has 42 heavy (non-hydrogen) atoms. The molecule has 0 bridgehead atoms. The van der Waals surface area contributed by atoms with Crippen molar-refractivity contribution in [2.45, 2.75) is 112 Å². The van der Waals surface area contributed by atoms with Crippen molar-refractivity contribution >= 4 is 11.9 Å². The predicted molar refractivity (Wildman–Crippen MR) is 150 cm³/mol. The molecule has 15 nitrogen and oxygen atoms in total. The van der Waals surface area contributed by atoms with Crippen LogP contribution in [0.4, 0.5) is 0 Å². The first-order chi connectivity index (χ1) is 20.0. The van der Waals surface area contributed by atoms with Gasteiger partial charge >= 0.3 is 29.0 Å². The third-order valence-corrected chi connectivity index (χ3v) is 5.57. The molecule has 0 aliphatic heterocycles. The van der Waals surface area contributed by atoms with Crippen LogP contribution in [0.5, 0.6) is 0 Å². The van der Waals surface area contributed by atoms with Gasteiger partial charge in [-0.15, -0.1) is 0 Å². The molecule has 242 valence electrons. The van der Waals surface area contributed by atoms with Gasteiger partial charge < -0.3 is 33.2 Å². The summed E-state index contributed by atoms with van der Waals surface area (Å²) >= 11 is 0. The van der Waals surface area contributed by atoms with Crippen molar-refractivity contribution in [2.75, 3.05) is 33.2 Å². The molecule has 0 saturated carbocycles. The van der Waals surface area contributed by atoms with Gasteiger partial charge in [-0.25, -0.2) is 28.1 Å². The van der Waals surface area contributed by atoms with Crippen molar-refractivity contribution in [3.63, 3.8) is 0 Å². The van der Waals surface area contributed by atoms with Gasteiger partial charge in [0.1, 0.15) is 6.79 Å². The second kappa shape index (κ2) is 20.9. The zero-order valence-corrected chi connectivity index (χ0v) is 25.7. The monoisotopic (exact) mass is 605 g/mol. The van der Waals surface area contributed by atoms with Crippen molar-refractivity contribution < 1.29 is 42.7 Å². The average molecular weight is 606 g/mol. The first-order valence-corrected chi connectivity index (χ1v) is 14.4. The number of ether oxygens (including phenoxy) is 7. The lowest BCUT2D eigenvalue weighted by Crippen LogP contribution is -2.55. The molecule has 0 spiro atoms. The van der Waals surface area contributed by atoms with Gasteiger partial charge in [-0.05, 0) is 40.0 Å². The highest BCUT2D eigenvalue weighted by molar-refractivity contribution is 5.69. The molecule has 15 heteroatoms. The van der Waals surface area contributed by atoms with Crippen molar-refractivity contribution in [3.8, 4) is 0 Å². The second-order valence-electron chi connectivity index (χ2n) is 9.29. The number of esters is 2. The minimum atomic E-state index is -0.974. The molecule has 0 saturated heterocycles. The maximum Gasteiger partial charge on any atom is 0.336 e. The van der Waals surface area contributed by atoms with E-state index in [9.17, 15) is 24.0 Å². The summed E-state index contributed by atoms with van der Waals surface area (Å²) in [5.74, 6) is -1.39. The first kappa shape index (κ1) is 37.2. The van der Waals surface area contributed by atoms with Gasteiger partial charge in [0.15, 0.2) is 18.9 Å². The van der Waals surface area contributed by atoms with Crippen LogP contribution in [0.3, 0.4) is 0 Å². The largest absolute Gasteiger partial charge is 0.436 e. The van der Waals surface area contributed by atoms with E-state index in [0.717, 1.165) is 33.0 Å². The molecule has 1 aromatic rings. The zero-order valence-electron chi connectivity index (χ0n) is 25.7. The Balaban J connectivity index is 3.06. The highest BCUT2D eigenvalue weighted by Crippen LogP contribution is 2.01. The lowest BCUT2D eigenvalue weighted by molar-refractivity contribution is -0.186. The lowest BCUT2D eigenvalue weighted by Gasteiger charge is -2.16. The standard InChI is InChI=1S/C27H47N3O12/c1-7-15-37-20(4)40-19-36-18-14-30-26(34)28(12-10-23(31)41-21(5)38-16-8-2)25(33)29(27(30)35)13-11-24(32)42-22(6)39-17-9-3/h20-22H,7-19H2,1-6H3. The Morgan fingerprint density at radius 1 is 0.571 bits per heavy atom. The zero-order chi connectivity index (χ0) is 31.5. The van der Waals surface area contributed by atoms with Crippen LogP contribution in [0.15, 0.2) is 14.4 Å². The van der Waals surface area contributed by atoms with Crippen LogP contribution in [-0.4, -0.2) is 77.7 Å². The second-order valence-corrected chi connectivity index (χ2v) is 9.29. The molecule has 0 aliphatic rings. The molecule has 0 aliphatic carbocycles. The Morgan fingerprint density at radius 2 is 0.952 bits per heavy atom. The Hall–Kier alpha value is -2.85. The van der Waals surface area contributed by atoms with E-state index in [1.165, 1.54) is 0 Å². The number of hydrogen-bond donors (Lipinski definition) is 0. The van der Waals surface area contributed by atoms with Gasteiger partial charge in [0.2, 0.25) is 0 Å². The van der Waals surface area contributed by atoms with Crippen molar-refractivity contribution in [1.29, 1.82) is 0 Å². The molecular formula is C27H47N3O12. The molecule has 1 rings (SSSR count). The summed E-state index contributed by atoms with van der Waals surface area (Å²) in [5.41, 5.74) is -2.84. The number of nitrogens with zero attached hydrogens (tertiary/aromatic N) is 3. The maximum absolute atomic E-state index is 13.1. The molecule has 1 heterocycles. The van der Waals surface area contributed by atoms with Crippen molar-refractivity contribution in [1.82, 2.24) is 13.7 Å². The first-order valence-electron chi connectivity index (χ1n) is 14.4. The summed E-state index contributed by atoms with van der Waals surface area (Å²) in [6.07, 6.45) is -0.477. The van der Waals surface area contributed by atoms with E-state index < -0.39 is 47.9 Å². The van der Waals surface area contributed by atoms with E-state index in [1.54, 1.807) is 20.8 Å². The topological polar surface area (TPSA) is 165 Å². The smallest absolute Gasteiger partial charge is 0.336 e. The summed E-state index contributed by atoms with van der Waals surface area (Å²) < 4.78 is 39.3. The van der Waals surface area contributed by atoms with Crippen LogP contribution < -0.4 is 17.1 Å². The highest BCUT2D eigenvalue weighted by atomic mass is 16.7. The number of carbonyl (C=O) groups excluding carboxylic acids is 2. The lowest BCUT2D eigenvalue weighted by atomic mass is 10.4. The van der Waals surface area contributed by atoms with Gasteiger partial charge in [0, 0.05) is 19.7 Å². The summed E-state index contributed by atoms with van der Waals surface area (Å²) in [5, 5.41) is 0. The van der Waals surface area contributed by atoms with Crippen molar-refractivity contribution in [3.05, 3.63) is 31.5 Å². The van der Waals surface area contributed by atoms with E-state index in [1.807, 2.05) is 20.8 Å². The Kier molecular flexibility index (Phi) is 18.5. The fourth-order valence-electron chi connectivity index (χ4n) is 3.48. The molecule has 0 radical (unpaired) electrons. The van der Waals surface area contributed by atoms with Gasteiger partial charge in [-0.1, -0.05) is 20.8 Å². The Labute approximate surface area is 245 Å². The van der Waals surface area contributed by atoms with Gasteiger partial charge in [-0.3, -0.25) is 9.59 Å². The van der Waals surface area contributed by atoms with E-state index in [4.69, 9.17) is 33.2 Å². The minimum absolute atomic E-state index is 0.101. The third kappa shape index (κ3) is 13.9. The number of hydrogen-bond acceptors (Lipinski definition) is 12. The van der Waals surface area contributed by atoms with Crippen LogP contribution in [-0.2, 0) is 62.4 Å². The van der Waals surface area contributed by atoms with Gasteiger partial charge in [-0.2, -0.15) is 0 Å². The average Bonchev–Trinajstić information content (AvgIpc) is 2.94. The maximum atomic E-state index is 13.1. The number of rotatable bonds is 23. The van der Waals surface area contributed by atoms with Gasteiger partial charge in [0.25, 0.3) is 0 Å². The van der Waals surface area contributed by atoms with E-state index in [2.05, 4.69) is 0 Å². The molecular weight excluding hydrogens is 558 g/mol. The van der Waals surface area contributed by atoms with E-state index in [-0.39, 0.29) is 45.9 Å². The third-order valence-electron chi connectivity index (χ3n) is 5.57. The number of aromatic nitrogens is 3. The summed E-state index contributed by atoms with van der Waals surface area (Å²) in [6.45, 7) is 10.7. The fraction of sp³-hybridized carbons (Fsp3) is 0.815. The summed E-state index contributed by atoms with van der Waals surface area (Å²) in [7, 11) is 0. The Bertz CT molecular complexity index is 1040. The van der Waals surface area contributed by atoms with Crippen LogP contribution in [0.1, 0.15) is 73.6 Å². The van der Waals surface area contributed by atoms with Crippen LogP contribution in [0, 0.1) is 0 Å². The van der Waals surface area contributed by atoms with E-state index in [0.29, 0.717) is 19.8 Å². The molecule has 0 amide bonds. The van der Waals surface area contributed by atoms with E-state index >= 15 is 0 Å². The molecule has 1 aromatic heterocycles. The molecule has 3 atom stereocenters. The molecule has 0 aromatic carbocycles. The summed E-state index contributed by atoms with van der Waals surface area (Å²) in [6, 6.07) is 0. The van der Waals surface area contributed by atoms with Crippen LogP contribution in [0.25, 0.3) is 0 Å². The molecule has 0 fully saturated rings. The van der Waals surface area contributed by atoms with Crippen LogP contribution >= 0.6 is 0 Å². The van der Waals surface area contributed by atoms with Gasteiger partial charge in [0.05, 0.1) is 39.2 Å². The molecule has 0 N–H and O–H groups in total. The fourth-order valence-corrected chi connectivity index (χ4v) is 3.48.